The zero-order valence-corrected chi connectivity index (χ0v) is 15.0. The number of nitrogens with two attached hydrogens (primary N) is 1. The van der Waals surface area contributed by atoms with Gasteiger partial charge >= 0.3 is 0 Å². The Hall–Kier alpha value is -0.880. The van der Waals surface area contributed by atoms with Crippen molar-refractivity contribution in [2.24, 2.45) is 0 Å². The molecule has 0 unspecified atom stereocenters. The van der Waals surface area contributed by atoms with Gasteiger partial charge in [0.25, 0.3) is 0 Å². The van der Waals surface area contributed by atoms with Crippen molar-refractivity contribution in [3.05, 3.63) is 39.0 Å². The minimum Gasteiger partial charge on any atom is -0.393 e. The SMILES string of the molecule is CCCSc1nc(Cl)c(N)c(NCc2ccc(Cl)c(Cl)c2)n1. The van der Waals surface area contributed by atoms with E-state index in [4.69, 9.17) is 40.5 Å². The highest BCUT2D eigenvalue weighted by molar-refractivity contribution is 7.99. The van der Waals surface area contributed by atoms with Crippen molar-refractivity contribution in [2.45, 2.75) is 25.0 Å². The molecule has 1 aromatic carbocycles. The summed E-state index contributed by atoms with van der Waals surface area (Å²) in [5, 5.41) is 5.05. The molecule has 0 aliphatic heterocycles. The van der Waals surface area contributed by atoms with Crippen LogP contribution in [0.2, 0.25) is 15.2 Å². The Morgan fingerprint density at radius 3 is 2.64 bits per heavy atom. The van der Waals surface area contributed by atoms with E-state index in [1.807, 2.05) is 6.07 Å². The van der Waals surface area contributed by atoms with Crippen LogP contribution in [0.15, 0.2) is 23.4 Å². The van der Waals surface area contributed by atoms with Gasteiger partial charge in [0.05, 0.1) is 10.0 Å². The van der Waals surface area contributed by atoms with Crippen molar-refractivity contribution in [1.29, 1.82) is 0 Å². The summed E-state index contributed by atoms with van der Waals surface area (Å²) in [5.74, 6) is 1.44. The second-order valence-electron chi connectivity index (χ2n) is 4.51. The third-order valence-electron chi connectivity index (χ3n) is 2.76. The lowest BCUT2D eigenvalue weighted by molar-refractivity contribution is 0.953. The lowest BCUT2D eigenvalue weighted by atomic mass is 10.2. The number of thioether (sulfide) groups is 1. The van der Waals surface area contributed by atoms with E-state index in [9.17, 15) is 0 Å². The zero-order chi connectivity index (χ0) is 16.1. The molecule has 0 atom stereocenters. The molecule has 0 spiro atoms. The van der Waals surface area contributed by atoms with Crippen molar-refractivity contribution in [3.63, 3.8) is 0 Å². The highest BCUT2D eigenvalue weighted by Gasteiger charge is 2.10. The van der Waals surface area contributed by atoms with Crippen LogP contribution in [-0.4, -0.2) is 15.7 Å². The van der Waals surface area contributed by atoms with E-state index in [-0.39, 0.29) is 5.15 Å². The van der Waals surface area contributed by atoms with Gasteiger partial charge < -0.3 is 11.1 Å². The number of hydrogen-bond donors (Lipinski definition) is 2. The second-order valence-corrected chi connectivity index (χ2v) is 6.74. The fourth-order valence-corrected chi connectivity index (χ4v) is 2.89. The lowest BCUT2D eigenvalue weighted by Gasteiger charge is -2.11. The quantitative estimate of drug-likeness (QED) is 0.415. The van der Waals surface area contributed by atoms with E-state index in [1.165, 1.54) is 0 Å². The maximum absolute atomic E-state index is 6.06. The minimum absolute atomic E-state index is 0.255. The molecular formula is C14H15Cl3N4S. The number of benzene rings is 1. The van der Waals surface area contributed by atoms with E-state index < -0.39 is 0 Å². The predicted octanol–water partition coefficient (Wildman–Crippen LogP) is 5.13. The molecule has 0 aliphatic carbocycles. The summed E-state index contributed by atoms with van der Waals surface area (Å²) in [6, 6.07) is 5.43. The molecule has 8 heteroatoms. The molecule has 0 bridgehead atoms. The number of nitrogen functional groups attached to an aromatic ring is 1. The molecule has 0 fully saturated rings. The Bertz CT molecular complexity index is 667. The van der Waals surface area contributed by atoms with Crippen molar-refractivity contribution >= 4 is 58.1 Å². The number of nitrogens with one attached hydrogen (secondary N) is 1. The third-order valence-corrected chi connectivity index (χ3v) is 4.84. The molecule has 1 aromatic heterocycles. The van der Waals surface area contributed by atoms with Crippen molar-refractivity contribution in [2.75, 3.05) is 16.8 Å². The van der Waals surface area contributed by atoms with Crippen molar-refractivity contribution < 1.29 is 0 Å². The summed E-state index contributed by atoms with van der Waals surface area (Å²) in [5.41, 5.74) is 7.22. The van der Waals surface area contributed by atoms with Crippen LogP contribution in [0, 0.1) is 0 Å². The number of hydrogen-bond acceptors (Lipinski definition) is 5. The van der Waals surface area contributed by atoms with Gasteiger partial charge in [0, 0.05) is 12.3 Å². The molecule has 22 heavy (non-hydrogen) atoms. The van der Waals surface area contributed by atoms with Gasteiger partial charge in [0.15, 0.2) is 16.1 Å². The molecule has 3 N–H and O–H groups in total. The van der Waals surface area contributed by atoms with E-state index >= 15 is 0 Å². The number of rotatable bonds is 6. The summed E-state index contributed by atoms with van der Waals surface area (Å²) in [4.78, 5) is 8.56. The van der Waals surface area contributed by atoms with Crippen LogP contribution in [0.5, 0.6) is 0 Å². The summed E-state index contributed by atoms with van der Waals surface area (Å²) in [6.07, 6.45) is 1.03. The molecule has 118 valence electrons. The predicted molar refractivity (Wildman–Crippen MR) is 96.3 cm³/mol. The van der Waals surface area contributed by atoms with Crippen LogP contribution in [0.4, 0.5) is 11.5 Å². The standard InChI is InChI=1S/C14H15Cl3N4S/c1-2-5-22-14-20-12(17)11(18)13(21-14)19-7-8-3-4-9(15)10(16)6-8/h3-4,6H,2,5,7,18H2,1H3,(H,19,20,21). The first-order valence-corrected chi connectivity index (χ1v) is 8.76. The summed E-state index contributed by atoms with van der Waals surface area (Å²) >= 11 is 19.5. The third kappa shape index (κ3) is 4.56. The first kappa shape index (κ1) is 17.5. The average molecular weight is 378 g/mol. The smallest absolute Gasteiger partial charge is 0.191 e. The largest absolute Gasteiger partial charge is 0.393 e. The molecule has 2 aromatic rings. The Balaban J connectivity index is 2.14. The fourth-order valence-electron chi connectivity index (χ4n) is 1.65. The van der Waals surface area contributed by atoms with Gasteiger partial charge in [-0.15, -0.1) is 0 Å². The van der Waals surface area contributed by atoms with E-state index in [0.717, 1.165) is 17.7 Å². The lowest BCUT2D eigenvalue weighted by Crippen LogP contribution is -2.07. The van der Waals surface area contributed by atoms with E-state index in [2.05, 4.69) is 22.2 Å². The van der Waals surface area contributed by atoms with Gasteiger partial charge in [-0.3, -0.25) is 0 Å². The van der Waals surface area contributed by atoms with Crippen molar-refractivity contribution in [1.82, 2.24) is 9.97 Å². The molecule has 0 aliphatic rings. The Morgan fingerprint density at radius 2 is 1.95 bits per heavy atom. The molecule has 2 rings (SSSR count). The van der Waals surface area contributed by atoms with Gasteiger partial charge in [-0.25, -0.2) is 9.97 Å². The van der Waals surface area contributed by atoms with Crippen LogP contribution in [0.25, 0.3) is 0 Å². The van der Waals surface area contributed by atoms with Gasteiger partial charge in [-0.2, -0.15) is 0 Å². The van der Waals surface area contributed by atoms with Gasteiger partial charge in [0.1, 0.15) is 5.69 Å². The first-order chi connectivity index (χ1) is 10.5. The topological polar surface area (TPSA) is 63.8 Å². The maximum Gasteiger partial charge on any atom is 0.191 e. The molecule has 4 nitrogen and oxygen atoms in total. The molecule has 0 saturated heterocycles. The van der Waals surface area contributed by atoms with Crippen LogP contribution >= 0.6 is 46.6 Å². The van der Waals surface area contributed by atoms with Crippen LogP contribution in [-0.2, 0) is 6.54 Å². The Morgan fingerprint density at radius 1 is 1.18 bits per heavy atom. The summed E-state index contributed by atoms with van der Waals surface area (Å²) in [6.45, 7) is 2.60. The summed E-state index contributed by atoms with van der Waals surface area (Å²) < 4.78 is 0. The van der Waals surface area contributed by atoms with E-state index in [0.29, 0.717) is 33.3 Å². The highest BCUT2D eigenvalue weighted by Crippen LogP contribution is 2.28. The second kappa shape index (κ2) is 8.11. The Labute approximate surface area is 148 Å². The highest BCUT2D eigenvalue weighted by atomic mass is 35.5. The molecular weight excluding hydrogens is 363 g/mol. The van der Waals surface area contributed by atoms with Gasteiger partial charge in [0.2, 0.25) is 0 Å². The number of anilines is 2. The molecule has 0 amide bonds. The van der Waals surface area contributed by atoms with Gasteiger partial charge in [-0.1, -0.05) is 59.6 Å². The van der Waals surface area contributed by atoms with E-state index in [1.54, 1.807) is 23.9 Å². The van der Waals surface area contributed by atoms with Crippen molar-refractivity contribution in [3.8, 4) is 0 Å². The fraction of sp³-hybridized carbons (Fsp3) is 0.286. The van der Waals surface area contributed by atoms with Crippen LogP contribution < -0.4 is 11.1 Å². The van der Waals surface area contributed by atoms with Crippen LogP contribution in [0.1, 0.15) is 18.9 Å². The normalized spacial score (nSPS) is 10.7. The van der Waals surface area contributed by atoms with Crippen LogP contribution in [0.3, 0.4) is 0 Å². The summed E-state index contributed by atoms with van der Waals surface area (Å²) in [7, 11) is 0. The number of aromatic nitrogens is 2. The molecule has 0 radical (unpaired) electrons. The molecule has 1 heterocycles. The average Bonchev–Trinajstić information content (AvgIpc) is 2.50. The number of nitrogens with zero attached hydrogens (tertiary/aromatic N) is 2. The zero-order valence-electron chi connectivity index (χ0n) is 11.9. The molecule has 0 saturated carbocycles. The number of halogens is 3. The van der Waals surface area contributed by atoms with Gasteiger partial charge in [-0.05, 0) is 24.1 Å². The first-order valence-electron chi connectivity index (χ1n) is 6.65. The maximum atomic E-state index is 6.06. The monoisotopic (exact) mass is 376 g/mol. The minimum atomic E-state index is 0.255. The Kier molecular flexibility index (Phi) is 6.44.